The van der Waals surface area contributed by atoms with Crippen molar-refractivity contribution >= 4 is 11.3 Å². The molecule has 0 fully saturated rings. The zero-order valence-electron chi connectivity index (χ0n) is 8.40. The lowest BCUT2D eigenvalue weighted by atomic mass is 10.2. The SMILES string of the molecule is COc1ccc(-c2ncc(C#N)s2)cc1F. The van der Waals surface area contributed by atoms with Crippen LogP contribution in [0.25, 0.3) is 10.6 Å². The Bertz CT molecular complexity index is 559. The van der Waals surface area contributed by atoms with E-state index in [9.17, 15) is 4.39 Å². The van der Waals surface area contributed by atoms with Crippen molar-refractivity contribution in [1.82, 2.24) is 4.98 Å². The van der Waals surface area contributed by atoms with Crippen molar-refractivity contribution < 1.29 is 9.13 Å². The number of aromatic nitrogens is 1. The number of halogens is 1. The molecule has 0 N–H and O–H groups in total. The average molecular weight is 234 g/mol. The number of thiazole rings is 1. The van der Waals surface area contributed by atoms with E-state index in [1.165, 1.54) is 36.8 Å². The van der Waals surface area contributed by atoms with E-state index in [-0.39, 0.29) is 5.75 Å². The molecule has 0 bridgehead atoms. The fraction of sp³-hybridized carbons (Fsp3) is 0.0909. The second-order valence-electron chi connectivity index (χ2n) is 2.99. The first-order valence-corrected chi connectivity index (χ1v) is 5.26. The second kappa shape index (κ2) is 4.29. The third kappa shape index (κ3) is 1.88. The molecular weight excluding hydrogens is 227 g/mol. The topological polar surface area (TPSA) is 45.9 Å². The van der Waals surface area contributed by atoms with Gasteiger partial charge in [-0.3, -0.25) is 0 Å². The highest BCUT2D eigenvalue weighted by molar-refractivity contribution is 7.15. The van der Waals surface area contributed by atoms with Gasteiger partial charge in [0.15, 0.2) is 11.6 Å². The van der Waals surface area contributed by atoms with E-state index in [4.69, 9.17) is 10.00 Å². The summed E-state index contributed by atoms with van der Waals surface area (Å²) in [5.74, 6) is -0.241. The van der Waals surface area contributed by atoms with Gasteiger partial charge in [0.2, 0.25) is 0 Å². The molecule has 0 amide bonds. The first-order valence-electron chi connectivity index (χ1n) is 4.44. The summed E-state index contributed by atoms with van der Waals surface area (Å²) in [6.07, 6.45) is 1.47. The third-order valence-corrected chi connectivity index (χ3v) is 2.97. The molecule has 0 aliphatic carbocycles. The van der Waals surface area contributed by atoms with Crippen molar-refractivity contribution in [2.75, 3.05) is 7.11 Å². The van der Waals surface area contributed by atoms with Crippen molar-refractivity contribution in [3.8, 4) is 22.4 Å². The number of rotatable bonds is 2. The van der Waals surface area contributed by atoms with Gasteiger partial charge in [-0.25, -0.2) is 9.37 Å². The first-order chi connectivity index (χ1) is 7.74. The number of hydrogen-bond acceptors (Lipinski definition) is 4. The molecule has 2 rings (SSSR count). The molecule has 1 aromatic carbocycles. The number of nitriles is 1. The zero-order chi connectivity index (χ0) is 11.5. The Morgan fingerprint density at radius 2 is 2.31 bits per heavy atom. The molecule has 0 radical (unpaired) electrons. The molecule has 1 aromatic heterocycles. The molecule has 3 nitrogen and oxygen atoms in total. The molecule has 16 heavy (non-hydrogen) atoms. The highest BCUT2D eigenvalue weighted by Gasteiger charge is 2.08. The van der Waals surface area contributed by atoms with E-state index in [1.807, 2.05) is 6.07 Å². The van der Waals surface area contributed by atoms with Crippen LogP contribution in [0.5, 0.6) is 5.75 Å². The maximum absolute atomic E-state index is 13.4. The Balaban J connectivity index is 2.42. The van der Waals surface area contributed by atoms with E-state index >= 15 is 0 Å². The van der Waals surface area contributed by atoms with Gasteiger partial charge in [0.05, 0.1) is 13.3 Å². The third-order valence-electron chi connectivity index (χ3n) is 2.01. The number of ether oxygens (including phenoxy) is 1. The van der Waals surface area contributed by atoms with Crippen LogP contribution in [0.1, 0.15) is 4.88 Å². The second-order valence-corrected chi connectivity index (χ2v) is 4.02. The highest BCUT2D eigenvalue weighted by atomic mass is 32.1. The van der Waals surface area contributed by atoms with E-state index in [0.717, 1.165) is 0 Å². The molecule has 0 aliphatic rings. The van der Waals surface area contributed by atoms with Crippen LogP contribution in [0.15, 0.2) is 24.4 Å². The van der Waals surface area contributed by atoms with Gasteiger partial charge in [-0.15, -0.1) is 11.3 Å². The van der Waals surface area contributed by atoms with Gasteiger partial charge in [0.1, 0.15) is 16.0 Å². The molecule has 0 aliphatic heterocycles. The van der Waals surface area contributed by atoms with E-state index in [1.54, 1.807) is 6.07 Å². The molecule has 0 saturated carbocycles. The molecule has 0 spiro atoms. The molecule has 5 heteroatoms. The minimum atomic E-state index is -0.436. The Labute approximate surface area is 95.8 Å². The van der Waals surface area contributed by atoms with Crippen LogP contribution in [0.3, 0.4) is 0 Å². The summed E-state index contributed by atoms with van der Waals surface area (Å²) in [5.41, 5.74) is 0.643. The maximum atomic E-state index is 13.4. The predicted octanol–water partition coefficient (Wildman–Crippen LogP) is 2.83. The van der Waals surface area contributed by atoms with Crippen molar-refractivity contribution in [3.63, 3.8) is 0 Å². The fourth-order valence-corrected chi connectivity index (χ4v) is 1.97. The van der Waals surface area contributed by atoms with Crippen molar-refractivity contribution in [3.05, 3.63) is 35.1 Å². The van der Waals surface area contributed by atoms with Gasteiger partial charge in [-0.1, -0.05) is 0 Å². The monoisotopic (exact) mass is 234 g/mol. The zero-order valence-corrected chi connectivity index (χ0v) is 9.21. The Morgan fingerprint density at radius 1 is 1.50 bits per heavy atom. The maximum Gasteiger partial charge on any atom is 0.165 e. The number of hydrogen-bond donors (Lipinski definition) is 0. The van der Waals surface area contributed by atoms with Crippen LogP contribution >= 0.6 is 11.3 Å². The molecule has 0 unspecified atom stereocenters. The minimum Gasteiger partial charge on any atom is -0.494 e. The largest absolute Gasteiger partial charge is 0.494 e. The van der Waals surface area contributed by atoms with E-state index in [2.05, 4.69) is 4.98 Å². The molecule has 0 atom stereocenters. The molecule has 2 aromatic rings. The number of methoxy groups -OCH3 is 1. The van der Waals surface area contributed by atoms with E-state index < -0.39 is 5.82 Å². The normalized spacial score (nSPS) is 9.81. The Hall–Kier alpha value is -1.93. The summed E-state index contributed by atoms with van der Waals surface area (Å²) in [7, 11) is 1.41. The number of benzene rings is 1. The summed E-state index contributed by atoms with van der Waals surface area (Å²) in [6.45, 7) is 0. The van der Waals surface area contributed by atoms with Gasteiger partial charge < -0.3 is 4.74 Å². The van der Waals surface area contributed by atoms with Crippen molar-refractivity contribution in [1.29, 1.82) is 5.26 Å². The van der Waals surface area contributed by atoms with Gasteiger partial charge in [-0.05, 0) is 18.2 Å². The van der Waals surface area contributed by atoms with Crippen LogP contribution in [0.2, 0.25) is 0 Å². The van der Waals surface area contributed by atoms with Gasteiger partial charge in [0, 0.05) is 5.56 Å². The lowest BCUT2D eigenvalue weighted by Crippen LogP contribution is -1.88. The standard InChI is InChI=1S/C11H7FN2OS/c1-15-10-3-2-7(4-9(10)12)11-14-6-8(5-13)16-11/h2-4,6H,1H3. The van der Waals surface area contributed by atoms with Crippen LogP contribution in [-0.4, -0.2) is 12.1 Å². The molecular formula is C11H7FN2OS. The number of nitrogens with zero attached hydrogens (tertiary/aromatic N) is 2. The lowest BCUT2D eigenvalue weighted by Gasteiger charge is -2.02. The van der Waals surface area contributed by atoms with Crippen molar-refractivity contribution in [2.45, 2.75) is 0 Å². The molecule has 0 saturated heterocycles. The van der Waals surface area contributed by atoms with Gasteiger partial charge in [0.25, 0.3) is 0 Å². The average Bonchev–Trinajstić information content (AvgIpc) is 2.77. The lowest BCUT2D eigenvalue weighted by molar-refractivity contribution is 0.386. The quantitative estimate of drug-likeness (QED) is 0.802. The van der Waals surface area contributed by atoms with Crippen molar-refractivity contribution in [2.24, 2.45) is 0 Å². The van der Waals surface area contributed by atoms with Crippen LogP contribution in [0, 0.1) is 17.1 Å². The molecule has 1 heterocycles. The highest BCUT2D eigenvalue weighted by Crippen LogP contribution is 2.28. The van der Waals surface area contributed by atoms with Crippen LogP contribution in [0.4, 0.5) is 4.39 Å². The smallest absolute Gasteiger partial charge is 0.165 e. The Kier molecular flexibility index (Phi) is 2.84. The Morgan fingerprint density at radius 3 is 2.88 bits per heavy atom. The summed E-state index contributed by atoms with van der Waals surface area (Å²) in [5, 5.41) is 9.28. The summed E-state index contributed by atoms with van der Waals surface area (Å²) < 4.78 is 18.2. The minimum absolute atomic E-state index is 0.195. The fourth-order valence-electron chi connectivity index (χ4n) is 1.26. The summed E-state index contributed by atoms with van der Waals surface area (Å²) in [6, 6.07) is 6.59. The van der Waals surface area contributed by atoms with Gasteiger partial charge in [-0.2, -0.15) is 5.26 Å². The first kappa shape index (κ1) is 10.6. The van der Waals surface area contributed by atoms with E-state index in [0.29, 0.717) is 15.4 Å². The summed E-state index contributed by atoms with van der Waals surface area (Å²) >= 11 is 1.23. The summed E-state index contributed by atoms with van der Waals surface area (Å²) in [4.78, 5) is 4.55. The molecule has 80 valence electrons. The van der Waals surface area contributed by atoms with Crippen LogP contribution in [-0.2, 0) is 0 Å². The predicted molar refractivity (Wildman–Crippen MR) is 58.8 cm³/mol. The van der Waals surface area contributed by atoms with Gasteiger partial charge >= 0.3 is 0 Å². The van der Waals surface area contributed by atoms with Crippen LogP contribution < -0.4 is 4.74 Å².